The van der Waals surface area contributed by atoms with Gasteiger partial charge >= 0.3 is 6.18 Å². The Balaban J connectivity index is 1.81. The topological polar surface area (TPSA) is 116 Å². The van der Waals surface area contributed by atoms with Crippen LogP contribution in [0.4, 0.5) is 18.9 Å². The first-order valence-corrected chi connectivity index (χ1v) is 10.6. The fraction of sp³-hybridized carbons (Fsp3) is 0.619. The minimum absolute atomic E-state index is 0.158. The van der Waals surface area contributed by atoms with Gasteiger partial charge < -0.3 is 20.5 Å². The van der Waals surface area contributed by atoms with E-state index in [2.05, 4.69) is 16.0 Å². The van der Waals surface area contributed by atoms with Gasteiger partial charge in [-0.1, -0.05) is 12.8 Å². The number of pyridine rings is 1. The molecule has 2 amide bonds. The fourth-order valence-corrected chi connectivity index (χ4v) is 3.87. The summed E-state index contributed by atoms with van der Waals surface area (Å²) in [4.78, 5) is 37.8. The number of carbonyl (C=O) groups is 2. The van der Waals surface area contributed by atoms with E-state index in [9.17, 15) is 32.8 Å². The molecule has 1 aliphatic heterocycles. The standard InChI is InChI=1S/C21H26F3N5O3/c1-12-5-7-29(20(32)17(12)27-11-21(22,23)24)16(8-13-2-3-13)19(31)28-15(10-25)9-14-4-6-26-18(14)30/h5,7,13-16,27H,2-4,6,8-9,11H2,1H3,(H,26,30)(H,28,31)/t14-,15-,16-/m0/s1. The number of amides is 2. The first kappa shape index (κ1) is 23.6. The van der Waals surface area contributed by atoms with Crippen LogP contribution < -0.4 is 21.5 Å². The van der Waals surface area contributed by atoms with Gasteiger partial charge in [-0.25, -0.2) is 0 Å². The van der Waals surface area contributed by atoms with E-state index in [0.29, 0.717) is 24.9 Å². The molecule has 3 rings (SSSR count). The van der Waals surface area contributed by atoms with Gasteiger partial charge in [0.05, 0.1) is 6.07 Å². The smallest absolute Gasteiger partial charge is 0.372 e. The van der Waals surface area contributed by atoms with E-state index in [0.717, 1.165) is 17.4 Å². The molecule has 0 bridgehead atoms. The number of nitriles is 1. The second kappa shape index (κ2) is 9.63. The van der Waals surface area contributed by atoms with Crippen molar-refractivity contribution >= 4 is 17.5 Å². The fourth-order valence-electron chi connectivity index (χ4n) is 3.87. The lowest BCUT2D eigenvalue weighted by Crippen LogP contribution is -2.43. The van der Waals surface area contributed by atoms with E-state index in [1.54, 1.807) is 0 Å². The van der Waals surface area contributed by atoms with Crippen molar-refractivity contribution in [3.8, 4) is 6.07 Å². The Labute approximate surface area is 183 Å². The molecule has 3 atom stereocenters. The molecule has 0 spiro atoms. The summed E-state index contributed by atoms with van der Waals surface area (Å²) < 4.78 is 39.1. The highest BCUT2D eigenvalue weighted by atomic mass is 19.4. The van der Waals surface area contributed by atoms with Crippen molar-refractivity contribution in [3.63, 3.8) is 0 Å². The Kier molecular flexibility index (Phi) is 7.11. The molecule has 0 radical (unpaired) electrons. The Hall–Kier alpha value is -3.03. The lowest BCUT2D eigenvalue weighted by molar-refractivity contribution is -0.126. The van der Waals surface area contributed by atoms with Gasteiger partial charge in [0.25, 0.3) is 5.56 Å². The van der Waals surface area contributed by atoms with Crippen LogP contribution in [0.15, 0.2) is 17.1 Å². The number of halogens is 3. The number of rotatable bonds is 9. The van der Waals surface area contributed by atoms with Gasteiger partial charge in [0, 0.05) is 18.7 Å². The molecule has 1 saturated carbocycles. The Morgan fingerprint density at radius 2 is 2.03 bits per heavy atom. The number of carbonyl (C=O) groups excluding carboxylic acids is 2. The van der Waals surface area contributed by atoms with E-state index in [1.807, 2.05) is 6.07 Å². The second-order valence-corrected chi connectivity index (χ2v) is 8.45. The molecule has 32 heavy (non-hydrogen) atoms. The third-order valence-corrected chi connectivity index (χ3v) is 5.84. The SMILES string of the molecule is Cc1ccn([C@@H](CC2CC2)C(=O)N[C@H](C#N)C[C@@H]2CCNC2=O)c(=O)c1NCC(F)(F)F. The number of hydrogen-bond acceptors (Lipinski definition) is 5. The molecular weight excluding hydrogens is 427 g/mol. The average Bonchev–Trinajstić information content (AvgIpc) is 3.45. The van der Waals surface area contributed by atoms with E-state index >= 15 is 0 Å². The van der Waals surface area contributed by atoms with Crippen LogP contribution >= 0.6 is 0 Å². The zero-order chi connectivity index (χ0) is 23.5. The van der Waals surface area contributed by atoms with Crippen LogP contribution in [-0.2, 0) is 9.59 Å². The van der Waals surface area contributed by atoms with Crippen LogP contribution in [0, 0.1) is 30.1 Å². The van der Waals surface area contributed by atoms with Crippen LogP contribution in [0.5, 0.6) is 0 Å². The van der Waals surface area contributed by atoms with E-state index in [4.69, 9.17) is 0 Å². The summed E-state index contributed by atoms with van der Waals surface area (Å²) in [5.41, 5.74) is -0.597. The summed E-state index contributed by atoms with van der Waals surface area (Å²) in [6.45, 7) is 0.664. The maximum atomic E-state index is 13.1. The first-order valence-electron chi connectivity index (χ1n) is 10.6. The minimum atomic E-state index is -4.50. The summed E-state index contributed by atoms with van der Waals surface area (Å²) in [6.07, 6.45) is -0.238. The molecule has 8 nitrogen and oxygen atoms in total. The molecule has 1 aromatic heterocycles. The van der Waals surface area contributed by atoms with Gasteiger partial charge in [-0.3, -0.25) is 14.4 Å². The van der Waals surface area contributed by atoms with Crippen LogP contribution in [0.1, 0.15) is 43.7 Å². The molecule has 2 aliphatic rings. The Bertz CT molecular complexity index is 965. The Morgan fingerprint density at radius 1 is 1.31 bits per heavy atom. The number of nitrogens with one attached hydrogen (secondary N) is 3. The summed E-state index contributed by atoms with van der Waals surface area (Å²) in [7, 11) is 0. The average molecular weight is 453 g/mol. The quantitative estimate of drug-likeness (QED) is 0.529. The van der Waals surface area contributed by atoms with Gasteiger partial charge in [0.2, 0.25) is 11.8 Å². The largest absolute Gasteiger partial charge is 0.405 e. The lowest BCUT2D eigenvalue weighted by Gasteiger charge is -2.23. The number of aromatic nitrogens is 1. The molecule has 1 aromatic rings. The van der Waals surface area contributed by atoms with Gasteiger partial charge in [-0.2, -0.15) is 18.4 Å². The highest BCUT2D eigenvalue weighted by molar-refractivity contribution is 5.82. The van der Waals surface area contributed by atoms with Crippen molar-refractivity contribution < 1.29 is 22.8 Å². The second-order valence-electron chi connectivity index (χ2n) is 8.45. The molecule has 2 heterocycles. The van der Waals surface area contributed by atoms with Gasteiger partial charge in [0.15, 0.2) is 0 Å². The molecule has 1 saturated heterocycles. The number of aryl methyl sites for hydroxylation is 1. The molecule has 2 fully saturated rings. The van der Waals surface area contributed by atoms with Crippen molar-refractivity contribution in [3.05, 3.63) is 28.2 Å². The van der Waals surface area contributed by atoms with Gasteiger partial charge in [-0.05, 0) is 43.7 Å². The van der Waals surface area contributed by atoms with Crippen molar-refractivity contribution in [2.45, 2.75) is 57.3 Å². The number of nitrogens with zero attached hydrogens (tertiary/aromatic N) is 2. The normalized spacial score (nSPS) is 20.2. The molecule has 11 heteroatoms. The van der Waals surface area contributed by atoms with E-state index < -0.39 is 36.3 Å². The summed E-state index contributed by atoms with van der Waals surface area (Å²) in [5.74, 6) is -0.868. The van der Waals surface area contributed by atoms with Crippen LogP contribution in [0.25, 0.3) is 0 Å². The highest BCUT2D eigenvalue weighted by Gasteiger charge is 2.34. The van der Waals surface area contributed by atoms with Gasteiger partial charge in [0.1, 0.15) is 24.3 Å². The summed E-state index contributed by atoms with van der Waals surface area (Å²) in [6, 6.07) is 1.60. The summed E-state index contributed by atoms with van der Waals surface area (Å²) in [5, 5.41) is 16.9. The zero-order valence-electron chi connectivity index (χ0n) is 17.7. The first-order chi connectivity index (χ1) is 15.1. The van der Waals surface area contributed by atoms with Crippen molar-refractivity contribution in [2.75, 3.05) is 18.4 Å². The number of alkyl halides is 3. The van der Waals surface area contributed by atoms with E-state index in [-0.39, 0.29) is 29.9 Å². The Morgan fingerprint density at radius 3 is 2.59 bits per heavy atom. The molecule has 174 valence electrons. The predicted molar refractivity (Wildman–Crippen MR) is 110 cm³/mol. The van der Waals surface area contributed by atoms with Crippen LogP contribution in [0.2, 0.25) is 0 Å². The van der Waals surface area contributed by atoms with Gasteiger partial charge in [-0.15, -0.1) is 0 Å². The molecule has 0 unspecified atom stereocenters. The minimum Gasteiger partial charge on any atom is -0.372 e. The molecule has 1 aliphatic carbocycles. The summed E-state index contributed by atoms with van der Waals surface area (Å²) >= 11 is 0. The third kappa shape index (κ3) is 6.02. The van der Waals surface area contributed by atoms with E-state index in [1.165, 1.54) is 19.2 Å². The van der Waals surface area contributed by atoms with Crippen LogP contribution in [-0.4, -0.2) is 41.7 Å². The molecule has 0 aromatic carbocycles. The molecular formula is C21H26F3N5O3. The maximum Gasteiger partial charge on any atom is 0.405 e. The van der Waals surface area contributed by atoms with Crippen molar-refractivity contribution in [1.82, 2.24) is 15.2 Å². The highest BCUT2D eigenvalue weighted by Crippen LogP contribution is 2.37. The monoisotopic (exact) mass is 453 g/mol. The van der Waals surface area contributed by atoms with Crippen molar-refractivity contribution in [2.24, 2.45) is 11.8 Å². The van der Waals surface area contributed by atoms with Crippen LogP contribution in [0.3, 0.4) is 0 Å². The predicted octanol–water partition coefficient (Wildman–Crippen LogP) is 2.01. The maximum absolute atomic E-state index is 13.1. The van der Waals surface area contributed by atoms with Crippen molar-refractivity contribution in [1.29, 1.82) is 5.26 Å². The third-order valence-electron chi connectivity index (χ3n) is 5.84. The zero-order valence-corrected chi connectivity index (χ0v) is 17.7. The molecule has 3 N–H and O–H groups in total. The number of anilines is 1. The number of hydrogen-bond donors (Lipinski definition) is 3. The lowest BCUT2D eigenvalue weighted by atomic mass is 9.98.